The van der Waals surface area contributed by atoms with E-state index in [1.54, 1.807) is 6.92 Å². The van der Waals surface area contributed by atoms with Gasteiger partial charge in [0.05, 0.1) is 12.7 Å². The van der Waals surface area contributed by atoms with Crippen LogP contribution in [0.25, 0.3) is 0 Å². The first-order valence-electron chi connectivity index (χ1n) is 6.28. The molecule has 1 atom stereocenters. The van der Waals surface area contributed by atoms with E-state index in [0.29, 0.717) is 12.4 Å². The third kappa shape index (κ3) is 4.39. The third-order valence-corrected chi connectivity index (χ3v) is 2.76. The fraction of sp³-hybridized carbons (Fsp3) is 0.250. The Kier molecular flexibility index (Phi) is 4.95. The smallest absolute Gasteiger partial charge is 0.189 e. The van der Waals surface area contributed by atoms with Crippen molar-refractivity contribution in [3.8, 4) is 5.75 Å². The molecular weight excluding hydrogens is 240 g/mol. The second-order valence-electron chi connectivity index (χ2n) is 4.34. The molecule has 19 heavy (non-hydrogen) atoms. The van der Waals surface area contributed by atoms with E-state index >= 15 is 0 Å². The predicted molar refractivity (Wildman–Crippen MR) is 73.8 cm³/mol. The molecule has 0 heterocycles. The maximum Gasteiger partial charge on any atom is 0.189 e. The Balaban J connectivity index is 1.78. The average molecular weight is 258 g/mol. The third-order valence-electron chi connectivity index (χ3n) is 2.76. The van der Waals surface area contributed by atoms with Crippen molar-refractivity contribution in [2.45, 2.75) is 19.6 Å². The van der Waals surface area contributed by atoms with Gasteiger partial charge < -0.3 is 14.6 Å². The van der Waals surface area contributed by atoms with Crippen molar-refractivity contribution in [1.29, 1.82) is 0 Å². The molecular formula is C16H18O3. The zero-order valence-corrected chi connectivity index (χ0v) is 11.0. The summed E-state index contributed by atoms with van der Waals surface area (Å²) in [6.07, 6.45) is -0.492. The Morgan fingerprint density at radius 3 is 2.58 bits per heavy atom. The molecule has 1 N–H and O–H groups in total. The van der Waals surface area contributed by atoms with Gasteiger partial charge in [-0.3, -0.25) is 0 Å². The topological polar surface area (TPSA) is 38.7 Å². The molecule has 0 saturated carbocycles. The highest BCUT2D eigenvalue weighted by Crippen LogP contribution is 2.18. The summed E-state index contributed by atoms with van der Waals surface area (Å²) in [4.78, 5) is 0. The largest absolute Gasteiger partial charge is 0.468 e. The van der Waals surface area contributed by atoms with Gasteiger partial charge in [0.1, 0.15) is 5.75 Å². The lowest BCUT2D eigenvalue weighted by Crippen LogP contribution is -2.03. The Hall–Kier alpha value is -1.84. The maximum atomic E-state index is 9.48. The number of aliphatic hydroxyl groups excluding tert-OH is 1. The summed E-state index contributed by atoms with van der Waals surface area (Å²) in [6.45, 7) is 2.44. The van der Waals surface area contributed by atoms with Crippen molar-refractivity contribution in [1.82, 2.24) is 0 Å². The van der Waals surface area contributed by atoms with Crippen LogP contribution in [0.5, 0.6) is 5.75 Å². The average Bonchev–Trinajstić information content (AvgIpc) is 2.45. The van der Waals surface area contributed by atoms with Crippen LogP contribution in [0.3, 0.4) is 0 Å². The van der Waals surface area contributed by atoms with Crippen molar-refractivity contribution in [3.63, 3.8) is 0 Å². The molecule has 0 aromatic heterocycles. The second-order valence-corrected chi connectivity index (χ2v) is 4.34. The van der Waals surface area contributed by atoms with Gasteiger partial charge in [-0.25, -0.2) is 0 Å². The van der Waals surface area contributed by atoms with Crippen LogP contribution >= 0.6 is 0 Å². The first-order chi connectivity index (χ1) is 9.25. The Labute approximate surface area is 113 Å². The molecule has 0 unspecified atom stereocenters. The van der Waals surface area contributed by atoms with Crippen molar-refractivity contribution in [2.24, 2.45) is 0 Å². The van der Waals surface area contributed by atoms with E-state index in [1.165, 1.54) is 0 Å². The van der Waals surface area contributed by atoms with Crippen molar-refractivity contribution >= 4 is 0 Å². The lowest BCUT2D eigenvalue weighted by molar-refractivity contribution is 0.00491. The van der Waals surface area contributed by atoms with E-state index in [9.17, 15) is 5.11 Å². The van der Waals surface area contributed by atoms with Gasteiger partial charge in [0.2, 0.25) is 0 Å². The van der Waals surface area contributed by atoms with Crippen molar-refractivity contribution in [2.75, 3.05) is 6.79 Å². The zero-order valence-electron chi connectivity index (χ0n) is 11.0. The van der Waals surface area contributed by atoms with E-state index < -0.39 is 6.10 Å². The minimum atomic E-state index is -0.492. The van der Waals surface area contributed by atoms with Gasteiger partial charge in [-0.2, -0.15) is 0 Å². The number of ether oxygens (including phenoxy) is 2. The quantitative estimate of drug-likeness (QED) is 0.638. The number of benzene rings is 2. The molecule has 3 heteroatoms. The van der Waals surface area contributed by atoms with Crippen molar-refractivity contribution in [3.05, 3.63) is 65.7 Å². The summed E-state index contributed by atoms with van der Waals surface area (Å²) in [6, 6.07) is 17.3. The highest BCUT2D eigenvalue weighted by Gasteiger charge is 2.02. The fourth-order valence-electron chi connectivity index (χ4n) is 1.71. The molecule has 0 bridgehead atoms. The monoisotopic (exact) mass is 258 g/mol. The minimum Gasteiger partial charge on any atom is -0.468 e. The summed E-state index contributed by atoms with van der Waals surface area (Å²) in [5.74, 6) is 0.700. The minimum absolute atomic E-state index is 0.193. The molecule has 0 aliphatic heterocycles. The van der Waals surface area contributed by atoms with E-state index in [1.807, 2.05) is 54.6 Å². The van der Waals surface area contributed by atoms with Crippen LogP contribution in [0, 0.1) is 0 Å². The number of hydrogen-bond acceptors (Lipinski definition) is 3. The summed E-state index contributed by atoms with van der Waals surface area (Å²) in [5.41, 5.74) is 1.95. The van der Waals surface area contributed by atoms with Gasteiger partial charge >= 0.3 is 0 Å². The number of aliphatic hydroxyl groups is 1. The normalized spacial score (nSPS) is 12.1. The molecule has 0 fully saturated rings. The van der Waals surface area contributed by atoms with Gasteiger partial charge in [0, 0.05) is 0 Å². The molecule has 0 radical (unpaired) electrons. The predicted octanol–water partition coefficient (Wildman–Crippen LogP) is 3.29. The van der Waals surface area contributed by atoms with Gasteiger partial charge in [-0.05, 0) is 30.2 Å². The molecule has 2 aromatic rings. The second kappa shape index (κ2) is 6.92. The highest BCUT2D eigenvalue weighted by atomic mass is 16.7. The van der Waals surface area contributed by atoms with Crippen LogP contribution in [0.1, 0.15) is 24.2 Å². The first kappa shape index (κ1) is 13.6. The fourth-order valence-corrected chi connectivity index (χ4v) is 1.71. The van der Waals surface area contributed by atoms with E-state index in [4.69, 9.17) is 9.47 Å². The van der Waals surface area contributed by atoms with Gasteiger partial charge in [-0.15, -0.1) is 0 Å². The van der Waals surface area contributed by atoms with Crippen molar-refractivity contribution < 1.29 is 14.6 Å². The standard InChI is InChI=1S/C16H18O3/c1-13(17)15-8-5-9-16(10-15)19-12-18-11-14-6-3-2-4-7-14/h2-10,13,17H,11-12H2,1H3/t13-/m1/s1. The number of hydrogen-bond donors (Lipinski definition) is 1. The lowest BCUT2D eigenvalue weighted by Gasteiger charge is -2.10. The van der Waals surface area contributed by atoms with Crippen LogP contribution in [-0.2, 0) is 11.3 Å². The Bertz CT molecular complexity index is 494. The van der Waals surface area contributed by atoms with Gasteiger partial charge in [-0.1, -0.05) is 42.5 Å². The van der Waals surface area contributed by atoms with E-state index in [-0.39, 0.29) is 6.79 Å². The first-order valence-corrected chi connectivity index (χ1v) is 6.28. The molecule has 0 amide bonds. The van der Waals surface area contributed by atoms with Gasteiger partial charge in [0.15, 0.2) is 6.79 Å². The number of rotatable bonds is 6. The van der Waals surface area contributed by atoms with Crippen LogP contribution in [-0.4, -0.2) is 11.9 Å². The van der Waals surface area contributed by atoms with E-state index in [0.717, 1.165) is 11.1 Å². The zero-order chi connectivity index (χ0) is 13.5. The van der Waals surface area contributed by atoms with E-state index in [2.05, 4.69) is 0 Å². The highest BCUT2D eigenvalue weighted by molar-refractivity contribution is 5.29. The summed E-state index contributed by atoms with van der Waals surface area (Å²) in [7, 11) is 0. The molecule has 100 valence electrons. The molecule has 2 aromatic carbocycles. The molecule has 0 aliphatic rings. The molecule has 2 rings (SSSR count). The summed E-state index contributed by atoms with van der Waals surface area (Å²) < 4.78 is 10.9. The molecule has 0 aliphatic carbocycles. The molecule has 0 saturated heterocycles. The Morgan fingerprint density at radius 2 is 1.84 bits per heavy atom. The van der Waals surface area contributed by atoms with Crippen LogP contribution in [0.4, 0.5) is 0 Å². The Morgan fingerprint density at radius 1 is 1.05 bits per heavy atom. The maximum absolute atomic E-state index is 9.48. The summed E-state index contributed by atoms with van der Waals surface area (Å²) in [5, 5.41) is 9.48. The SMILES string of the molecule is C[C@@H](O)c1cccc(OCOCc2ccccc2)c1. The van der Waals surface area contributed by atoms with Crippen LogP contribution in [0.15, 0.2) is 54.6 Å². The van der Waals surface area contributed by atoms with Crippen LogP contribution < -0.4 is 4.74 Å². The van der Waals surface area contributed by atoms with Gasteiger partial charge in [0.25, 0.3) is 0 Å². The molecule has 3 nitrogen and oxygen atoms in total. The summed E-state index contributed by atoms with van der Waals surface area (Å²) >= 11 is 0. The molecule has 0 spiro atoms. The van der Waals surface area contributed by atoms with Crippen LogP contribution in [0.2, 0.25) is 0 Å². The lowest BCUT2D eigenvalue weighted by atomic mass is 10.1.